The van der Waals surface area contributed by atoms with Crippen LogP contribution in [0.1, 0.15) is 48.0 Å². The topological polar surface area (TPSA) is 77.9 Å². The van der Waals surface area contributed by atoms with E-state index in [1.54, 1.807) is 23.1 Å². The van der Waals surface area contributed by atoms with E-state index in [2.05, 4.69) is 0 Å². The maximum absolute atomic E-state index is 12.6. The molecule has 1 saturated heterocycles. The second-order valence-electron chi connectivity index (χ2n) is 7.22. The van der Waals surface area contributed by atoms with E-state index >= 15 is 0 Å². The Morgan fingerprint density at radius 3 is 2.27 bits per heavy atom. The normalized spacial score (nSPS) is 18.6. The number of amides is 2. The van der Waals surface area contributed by atoms with Gasteiger partial charge in [-0.05, 0) is 30.5 Å². The van der Waals surface area contributed by atoms with E-state index in [1.165, 1.54) is 12.5 Å². The van der Waals surface area contributed by atoms with Gasteiger partial charge in [0.1, 0.15) is 0 Å². The summed E-state index contributed by atoms with van der Waals surface area (Å²) in [5.41, 5.74) is 0.897. The summed E-state index contributed by atoms with van der Waals surface area (Å²) in [6.07, 6.45) is 5.71. The lowest BCUT2D eigenvalue weighted by Gasteiger charge is -2.37. The number of benzene rings is 1. The molecule has 1 saturated carbocycles. The van der Waals surface area contributed by atoms with Crippen molar-refractivity contribution in [1.82, 2.24) is 9.80 Å². The zero-order valence-corrected chi connectivity index (χ0v) is 15.0. The van der Waals surface area contributed by atoms with Gasteiger partial charge in [-0.2, -0.15) is 0 Å². The highest BCUT2D eigenvalue weighted by molar-refractivity contribution is 5.88. The molecular weight excluding hydrogens is 332 g/mol. The van der Waals surface area contributed by atoms with Crippen LogP contribution >= 0.6 is 0 Å². The van der Waals surface area contributed by atoms with Gasteiger partial charge in [0.15, 0.2) is 0 Å². The van der Waals surface area contributed by atoms with Crippen LogP contribution in [0, 0.1) is 5.92 Å². The third kappa shape index (κ3) is 4.42. The fourth-order valence-electron chi connectivity index (χ4n) is 3.88. The van der Waals surface area contributed by atoms with E-state index in [4.69, 9.17) is 5.11 Å². The highest BCUT2D eigenvalue weighted by Gasteiger charge is 2.29. The zero-order chi connectivity index (χ0) is 18.5. The fourth-order valence-corrected chi connectivity index (χ4v) is 3.88. The molecule has 0 radical (unpaired) electrons. The minimum Gasteiger partial charge on any atom is -0.478 e. The molecule has 0 atom stereocenters. The smallest absolute Gasteiger partial charge is 0.335 e. The Morgan fingerprint density at radius 2 is 1.62 bits per heavy atom. The van der Waals surface area contributed by atoms with Crippen molar-refractivity contribution >= 4 is 17.8 Å². The summed E-state index contributed by atoms with van der Waals surface area (Å²) in [5, 5.41) is 9.05. The second kappa shape index (κ2) is 8.34. The first-order valence-corrected chi connectivity index (χ1v) is 9.43. The SMILES string of the molecule is O=C(O)c1cccc(CC(=O)N2CCN(C(=O)C3CCCCC3)CC2)c1. The third-order valence-electron chi connectivity index (χ3n) is 5.43. The number of carbonyl (C=O) groups excluding carboxylic acids is 2. The Labute approximate surface area is 153 Å². The number of carbonyl (C=O) groups is 3. The number of nitrogens with zero attached hydrogens (tertiary/aromatic N) is 2. The van der Waals surface area contributed by atoms with Crippen molar-refractivity contribution in [3.8, 4) is 0 Å². The standard InChI is InChI=1S/C20H26N2O4/c23-18(14-15-5-4-8-17(13-15)20(25)26)21-9-11-22(12-10-21)19(24)16-6-2-1-3-7-16/h4-5,8,13,16H,1-3,6-7,9-12,14H2,(H,25,26). The van der Waals surface area contributed by atoms with Crippen molar-refractivity contribution in [3.63, 3.8) is 0 Å². The van der Waals surface area contributed by atoms with Crippen LogP contribution in [0.5, 0.6) is 0 Å². The van der Waals surface area contributed by atoms with Crippen LogP contribution in [-0.2, 0) is 16.0 Å². The van der Waals surface area contributed by atoms with E-state index < -0.39 is 5.97 Å². The average molecular weight is 358 g/mol. The molecule has 3 rings (SSSR count). The van der Waals surface area contributed by atoms with Gasteiger partial charge in [0.25, 0.3) is 0 Å². The minimum absolute atomic E-state index is 0.0164. The molecule has 6 heteroatoms. The number of aromatic carboxylic acids is 1. The molecular formula is C20H26N2O4. The highest BCUT2D eigenvalue weighted by atomic mass is 16.4. The minimum atomic E-state index is -0.992. The first-order valence-electron chi connectivity index (χ1n) is 9.43. The Balaban J connectivity index is 1.51. The van der Waals surface area contributed by atoms with Gasteiger partial charge in [-0.3, -0.25) is 9.59 Å². The van der Waals surface area contributed by atoms with Crippen LogP contribution in [0.2, 0.25) is 0 Å². The number of hydrogen-bond donors (Lipinski definition) is 1. The molecule has 140 valence electrons. The summed E-state index contributed by atoms with van der Waals surface area (Å²) in [4.78, 5) is 39.8. The van der Waals surface area contributed by atoms with E-state index in [9.17, 15) is 14.4 Å². The molecule has 2 aliphatic rings. The summed E-state index contributed by atoms with van der Waals surface area (Å²) in [6, 6.07) is 6.50. The van der Waals surface area contributed by atoms with Gasteiger partial charge in [-0.1, -0.05) is 31.4 Å². The lowest BCUT2D eigenvalue weighted by Crippen LogP contribution is -2.52. The summed E-state index contributed by atoms with van der Waals surface area (Å²) in [7, 11) is 0. The van der Waals surface area contributed by atoms with Crippen molar-refractivity contribution in [1.29, 1.82) is 0 Å². The number of hydrogen-bond acceptors (Lipinski definition) is 3. The summed E-state index contributed by atoms with van der Waals surface area (Å²) >= 11 is 0. The predicted octanol–water partition coefficient (Wildman–Crippen LogP) is 2.18. The van der Waals surface area contributed by atoms with Crippen LogP contribution in [-0.4, -0.2) is 58.9 Å². The lowest BCUT2D eigenvalue weighted by atomic mass is 9.88. The quantitative estimate of drug-likeness (QED) is 0.895. The fraction of sp³-hybridized carbons (Fsp3) is 0.550. The molecule has 0 aromatic heterocycles. The highest BCUT2D eigenvalue weighted by Crippen LogP contribution is 2.25. The number of carboxylic acids is 1. The van der Waals surface area contributed by atoms with E-state index in [-0.39, 0.29) is 29.7 Å². The number of piperazine rings is 1. The summed E-state index contributed by atoms with van der Waals surface area (Å²) in [5.74, 6) is -0.581. The maximum atomic E-state index is 12.6. The summed E-state index contributed by atoms with van der Waals surface area (Å²) < 4.78 is 0. The van der Waals surface area contributed by atoms with Crippen LogP contribution in [0.15, 0.2) is 24.3 Å². The number of carboxylic acid groups (broad SMARTS) is 1. The largest absolute Gasteiger partial charge is 0.478 e. The predicted molar refractivity (Wildman–Crippen MR) is 96.8 cm³/mol. The first-order chi connectivity index (χ1) is 12.5. The van der Waals surface area contributed by atoms with Gasteiger partial charge in [0.05, 0.1) is 12.0 Å². The molecule has 0 bridgehead atoms. The van der Waals surface area contributed by atoms with Crippen molar-refractivity contribution in [2.45, 2.75) is 38.5 Å². The molecule has 1 N–H and O–H groups in total. The van der Waals surface area contributed by atoms with E-state index in [0.717, 1.165) is 25.7 Å². The van der Waals surface area contributed by atoms with Crippen LogP contribution in [0.25, 0.3) is 0 Å². The van der Waals surface area contributed by atoms with Crippen molar-refractivity contribution < 1.29 is 19.5 Å². The Bertz CT molecular complexity index is 674. The molecule has 2 amide bonds. The zero-order valence-electron chi connectivity index (χ0n) is 15.0. The molecule has 1 heterocycles. The van der Waals surface area contributed by atoms with Gasteiger partial charge >= 0.3 is 5.97 Å². The van der Waals surface area contributed by atoms with Crippen molar-refractivity contribution in [2.75, 3.05) is 26.2 Å². The molecule has 0 spiro atoms. The Hall–Kier alpha value is -2.37. The van der Waals surface area contributed by atoms with Crippen LogP contribution in [0.3, 0.4) is 0 Å². The van der Waals surface area contributed by atoms with E-state index in [0.29, 0.717) is 31.7 Å². The number of rotatable bonds is 4. The molecule has 2 fully saturated rings. The van der Waals surface area contributed by atoms with Crippen LogP contribution in [0.4, 0.5) is 0 Å². The Kier molecular flexibility index (Phi) is 5.91. The lowest BCUT2D eigenvalue weighted by molar-refractivity contribution is -0.142. The third-order valence-corrected chi connectivity index (χ3v) is 5.43. The van der Waals surface area contributed by atoms with Gasteiger partial charge in [0, 0.05) is 32.1 Å². The van der Waals surface area contributed by atoms with E-state index in [1.807, 2.05) is 4.90 Å². The molecule has 1 aromatic carbocycles. The molecule has 6 nitrogen and oxygen atoms in total. The molecule has 1 aromatic rings. The molecule has 1 aliphatic carbocycles. The van der Waals surface area contributed by atoms with Crippen LogP contribution < -0.4 is 0 Å². The first kappa shape index (κ1) is 18.4. The van der Waals surface area contributed by atoms with Gasteiger partial charge in [0.2, 0.25) is 11.8 Å². The van der Waals surface area contributed by atoms with Gasteiger partial charge < -0.3 is 14.9 Å². The monoisotopic (exact) mass is 358 g/mol. The molecule has 1 aliphatic heterocycles. The summed E-state index contributed by atoms with van der Waals surface area (Å²) in [6.45, 7) is 2.29. The second-order valence-corrected chi connectivity index (χ2v) is 7.22. The van der Waals surface area contributed by atoms with Gasteiger partial charge in [-0.25, -0.2) is 4.79 Å². The Morgan fingerprint density at radius 1 is 0.962 bits per heavy atom. The van der Waals surface area contributed by atoms with Crippen molar-refractivity contribution in [3.05, 3.63) is 35.4 Å². The molecule has 26 heavy (non-hydrogen) atoms. The maximum Gasteiger partial charge on any atom is 0.335 e. The van der Waals surface area contributed by atoms with Crippen molar-refractivity contribution in [2.24, 2.45) is 5.92 Å². The average Bonchev–Trinajstić information content (AvgIpc) is 2.68. The van der Waals surface area contributed by atoms with Gasteiger partial charge in [-0.15, -0.1) is 0 Å². The molecule has 0 unspecified atom stereocenters.